The van der Waals surface area contributed by atoms with Crippen LogP contribution in [0.2, 0.25) is 0 Å². The predicted molar refractivity (Wildman–Crippen MR) is 129 cm³/mol. The first-order chi connectivity index (χ1) is 17.1. The standard InChI is InChI=1S/C20H18Br2F2N3O8P/c1-31-36(30)33-9-13-7-20(23,24)17(35-13)27-3-2-15(25-18(27)28)26-19(29)32-8-12-5-10-4-11(21)6-14(22)16(10)34-12/h2-6,13,17,30H,7-9H2,1H3,(H,25,26,28,29). The van der Waals surface area contributed by atoms with Crippen LogP contribution in [-0.4, -0.2) is 46.3 Å². The molecule has 1 amide bonds. The number of benzene rings is 1. The van der Waals surface area contributed by atoms with Crippen LogP contribution >= 0.6 is 40.5 Å². The van der Waals surface area contributed by atoms with Crippen LogP contribution in [0.5, 0.6) is 0 Å². The van der Waals surface area contributed by atoms with Crippen molar-refractivity contribution in [3.05, 3.63) is 55.7 Å². The number of hydrogen-bond donors (Lipinski definition) is 2. The van der Waals surface area contributed by atoms with Gasteiger partial charge in [0.25, 0.3) is 5.92 Å². The Kier molecular flexibility index (Phi) is 8.39. The SMILES string of the molecule is COP(O)OCC1CC(F)(F)C(n2ccc(NC(=O)OCc3cc4cc(Br)cc(Br)c4o3)nc2=O)O1. The number of halogens is 4. The number of rotatable bonds is 8. The Labute approximate surface area is 219 Å². The molecule has 1 saturated heterocycles. The third kappa shape index (κ3) is 6.28. The molecule has 1 aliphatic heterocycles. The Bertz CT molecular complexity index is 1320. The fraction of sp³-hybridized carbons (Fsp3) is 0.350. The zero-order chi connectivity index (χ0) is 26.0. The highest BCUT2D eigenvalue weighted by Gasteiger charge is 2.52. The van der Waals surface area contributed by atoms with Gasteiger partial charge < -0.3 is 27.8 Å². The molecule has 194 valence electrons. The van der Waals surface area contributed by atoms with E-state index in [1.807, 2.05) is 12.1 Å². The summed E-state index contributed by atoms with van der Waals surface area (Å²) >= 11 is 6.77. The molecule has 1 aliphatic rings. The molecular weight excluding hydrogens is 639 g/mol. The molecule has 36 heavy (non-hydrogen) atoms. The van der Waals surface area contributed by atoms with Crippen LogP contribution in [-0.2, 0) is 25.1 Å². The molecule has 0 saturated carbocycles. The average Bonchev–Trinajstić information content (AvgIpc) is 3.36. The summed E-state index contributed by atoms with van der Waals surface area (Å²) in [6.45, 7) is -0.554. The van der Waals surface area contributed by atoms with E-state index in [9.17, 15) is 23.3 Å². The zero-order valence-electron chi connectivity index (χ0n) is 18.3. The molecule has 11 nitrogen and oxygen atoms in total. The first-order valence-electron chi connectivity index (χ1n) is 10.2. The van der Waals surface area contributed by atoms with Crippen LogP contribution in [0.15, 0.2) is 48.6 Å². The Balaban J connectivity index is 1.36. The van der Waals surface area contributed by atoms with E-state index in [4.69, 9.17) is 18.4 Å². The van der Waals surface area contributed by atoms with Gasteiger partial charge in [-0.05, 0) is 40.2 Å². The number of fused-ring (bicyclic) bond motifs is 1. The maximum absolute atomic E-state index is 14.5. The lowest BCUT2D eigenvalue weighted by Crippen LogP contribution is -2.35. The average molecular weight is 657 g/mol. The molecule has 1 fully saturated rings. The molecule has 3 unspecified atom stereocenters. The molecule has 3 heterocycles. The second kappa shape index (κ2) is 11.2. The number of amides is 1. The van der Waals surface area contributed by atoms with E-state index in [-0.39, 0.29) is 19.0 Å². The van der Waals surface area contributed by atoms with E-state index >= 15 is 0 Å². The monoisotopic (exact) mass is 655 g/mol. The summed E-state index contributed by atoms with van der Waals surface area (Å²) in [5, 5.41) is 3.05. The molecule has 2 aromatic heterocycles. The summed E-state index contributed by atoms with van der Waals surface area (Å²) < 4.78 is 56.5. The number of furan rings is 1. The minimum atomic E-state index is -3.41. The second-order valence-electron chi connectivity index (χ2n) is 7.51. The lowest BCUT2D eigenvalue weighted by molar-refractivity contribution is -0.119. The number of nitrogens with one attached hydrogen (secondary N) is 1. The minimum Gasteiger partial charge on any atom is -0.456 e. The molecule has 0 radical (unpaired) electrons. The highest BCUT2D eigenvalue weighted by molar-refractivity contribution is 9.11. The lowest BCUT2D eigenvalue weighted by Gasteiger charge is -2.20. The maximum atomic E-state index is 14.5. The van der Waals surface area contributed by atoms with Gasteiger partial charge in [0, 0.05) is 29.6 Å². The van der Waals surface area contributed by atoms with Crippen molar-refractivity contribution in [2.75, 3.05) is 19.0 Å². The summed E-state index contributed by atoms with van der Waals surface area (Å²) in [7, 11) is -1.01. The van der Waals surface area contributed by atoms with Gasteiger partial charge in [-0.3, -0.25) is 9.88 Å². The highest BCUT2D eigenvalue weighted by atomic mass is 79.9. The summed E-state index contributed by atoms with van der Waals surface area (Å²) in [5.74, 6) is -3.24. The van der Waals surface area contributed by atoms with E-state index in [2.05, 4.69) is 46.7 Å². The quantitative estimate of drug-likeness (QED) is 0.319. The van der Waals surface area contributed by atoms with Crippen molar-refractivity contribution in [2.24, 2.45) is 0 Å². The number of carbonyl (C=O) groups excluding carboxylic acids is 1. The van der Waals surface area contributed by atoms with Crippen LogP contribution in [0.3, 0.4) is 0 Å². The number of ether oxygens (including phenoxy) is 2. The Hall–Kier alpha value is -2.00. The number of alkyl halides is 2. The van der Waals surface area contributed by atoms with E-state index < -0.39 is 45.1 Å². The van der Waals surface area contributed by atoms with Crippen molar-refractivity contribution in [3.63, 3.8) is 0 Å². The molecule has 4 rings (SSSR count). The Morgan fingerprint density at radius 1 is 1.39 bits per heavy atom. The highest BCUT2D eigenvalue weighted by Crippen LogP contribution is 2.43. The van der Waals surface area contributed by atoms with E-state index in [1.165, 1.54) is 7.11 Å². The molecule has 0 bridgehead atoms. The Morgan fingerprint density at radius 2 is 2.17 bits per heavy atom. The molecule has 16 heteroatoms. The van der Waals surface area contributed by atoms with Crippen LogP contribution in [0, 0.1) is 0 Å². The fourth-order valence-corrected chi connectivity index (χ4v) is 5.18. The third-order valence-corrected chi connectivity index (χ3v) is 6.68. The van der Waals surface area contributed by atoms with Crippen LogP contribution in [0.25, 0.3) is 11.0 Å². The topological polar surface area (TPSA) is 134 Å². The molecule has 3 atom stereocenters. The normalized spacial score (nSPS) is 19.9. The molecular formula is C20H18Br2F2N3O8P. The smallest absolute Gasteiger partial charge is 0.413 e. The van der Waals surface area contributed by atoms with Gasteiger partial charge in [-0.15, -0.1) is 0 Å². The van der Waals surface area contributed by atoms with E-state index in [0.29, 0.717) is 15.9 Å². The summed E-state index contributed by atoms with van der Waals surface area (Å²) in [6.07, 6.45) is -3.67. The minimum absolute atomic E-state index is 0.202. The largest absolute Gasteiger partial charge is 0.456 e. The molecule has 0 aliphatic carbocycles. The zero-order valence-corrected chi connectivity index (χ0v) is 22.4. The van der Waals surface area contributed by atoms with Gasteiger partial charge in [-0.25, -0.2) is 18.4 Å². The first kappa shape index (κ1) is 27.0. The number of anilines is 1. The fourth-order valence-electron chi connectivity index (χ4n) is 3.44. The van der Waals surface area contributed by atoms with Gasteiger partial charge in [0.1, 0.15) is 17.2 Å². The van der Waals surface area contributed by atoms with Crippen molar-refractivity contribution >= 4 is 63.3 Å². The summed E-state index contributed by atoms with van der Waals surface area (Å²) in [4.78, 5) is 37.4. The number of aromatic nitrogens is 2. The summed E-state index contributed by atoms with van der Waals surface area (Å²) in [6, 6.07) is 6.50. The molecule has 1 aromatic carbocycles. The molecule has 2 N–H and O–H groups in total. The predicted octanol–water partition coefficient (Wildman–Crippen LogP) is 5.07. The van der Waals surface area contributed by atoms with Crippen molar-refractivity contribution in [1.82, 2.24) is 9.55 Å². The summed E-state index contributed by atoms with van der Waals surface area (Å²) in [5.41, 5.74) is -0.494. The van der Waals surface area contributed by atoms with Gasteiger partial charge in [0.2, 0.25) is 6.23 Å². The van der Waals surface area contributed by atoms with Crippen molar-refractivity contribution in [3.8, 4) is 0 Å². The van der Waals surface area contributed by atoms with Gasteiger partial charge >= 0.3 is 20.4 Å². The van der Waals surface area contributed by atoms with Crippen LogP contribution in [0.4, 0.5) is 19.4 Å². The first-order valence-corrected chi connectivity index (χ1v) is 12.9. The number of carbonyl (C=O) groups is 1. The van der Waals surface area contributed by atoms with Crippen LogP contribution < -0.4 is 11.0 Å². The lowest BCUT2D eigenvalue weighted by atomic mass is 10.2. The van der Waals surface area contributed by atoms with Gasteiger partial charge in [0.15, 0.2) is 6.61 Å². The van der Waals surface area contributed by atoms with Crippen LogP contribution in [0.1, 0.15) is 18.4 Å². The van der Waals surface area contributed by atoms with Gasteiger partial charge in [-0.1, -0.05) is 15.9 Å². The third-order valence-electron chi connectivity index (χ3n) is 4.95. The van der Waals surface area contributed by atoms with E-state index in [1.54, 1.807) is 6.07 Å². The second-order valence-corrected chi connectivity index (χ2v) is 10.4. The Morgan fingerprint density at radius 3 is 2.89 bits per heavy atom. The van der Waals surface area contributed by atoms with Gasteiger partial charge in [-0.2, -0.15) is 4.98 Å². The molecule has 3 aromatic rings. The maximum Gasteiger partial charge on any atom is 0.413 e. The van der Waals surface area contributed by atoms with Gasteiger partial charge in [0.05, 0.1) is 17.2 Å². The van der Waals surface area contributed by atoms with E-state index in [0.717, 1.165) is 26.6 Å². The van der Waals surface area contributed by atoms with Crippen molar-refractivity contribution in [1.29, 1.82) is 0 Å². The molecule has 0 spiro atoms. The van der Waals surface area contributed by atoms with Crippen molar-refractivity contribution in [2.45, 2.75) is 31.3 Å². The van der Waals surface area contributed by atoms with Crippen molar-refractivity contribution < 1.29 is 41.4 Å². The number of hydrogen-bond acceptors (Lipinski definition) is 9. The number of nitrogens with zero attached hydrogens (tertiary/aromatic N) is 2.